The maximum Gasteiger partial charge on any atom is 0.169 e. The summed E-state index contributed by atoms with van der Waals surface area (Å²) >= 11 is 0. The molecule has 2 heterocycles. The Labute approximate surface area is 136 Å². The van der Waals surface area contributed by atoms with Crippen molar-refractivity contribution in [2.45, 2.75) is 36.9 Å². The molecule has 0 saturated carbocycles. The number of likely N-dealkylation sites (N-methyl/N-ethyl adjacent to an activating group) is 1. The summed E-state index contributed by atoms with van der Waals surface area (Å²) in [5.74, 6) is 2.65. The molecule has 2 aliphatic heterocycles. The Kier molecular flexibility index (Phi) is 2.42. The number of rotatable bonds is 2. The van der Waals surface area contributed by atoms with Gasteiger partial charge in [0.25, 0.3) is 0 Å². The molecule has 0 amide bonds. The van der Waals surface area contributed by atoms with E-state index in [1.165, 1.54) is 16.7 Å². The zero-order valence-corrected chi connectivity index (χ0v) is 13.9. The van der Waals surface area contributed by atoms with Crippen molar-refractivity contribution in [1.29, 1.82) is 0 Å². The van der Waals surface area contributed by atoms with Crippen LogP contribution in [0.1, 0.15) is 30.5 Å². The molecule has 4 atom stereocenters. The van der Waals surface area contributed by atoms with Crippen LogP contribution in [-0.4, -0.2) is 38.3 Å². The normalized spacial score (nSPS) is 36.1. The molecule has 1 fully saturated rings. The van der Waals surface area contributed by atoms with Crippen LogP contribution in [0.25, 0.3) is 0 Å². The molecule has 23 heavy (non-hydrogen) atoms. The molecule has 120 valence electrons. The van der Waals surface area contributed by atoms with E-state index in [0.717, 1.165) is 23.7 Å². The van der Waals surface area contributed by atoms with Crippen LogP contribution in [0.5, 0.6) is 11.5 Å². The maximum absolute atomic E-state index is 6.43. The van der Waals surface area contributed by atoms with Gasteiger partial charge in [0.05, 0.1) is 19.6 Å². The first-order valence-electron chi connectivity index (χ1n) is 8.19. The summed E-state index contributed by atoms with van der Waals surface area (Å²) in [7, 11) is 5.67. The molecule has 2 aliphatic carbocycles. The van der Waals surface area contributed by atoms with Crippen LogP contribution in [0.2, 0.25) is 0 Å². The second-order valence-electron chi connectivity index (χ2n) is 6.99. The number of likely N-dealkylation sites (tertiary alicyclic amines) is 1. The van der Waals surface area contributed by atoms with E-state index in [1.54, 1.807) is 14.2 Å². The van der Waals surface area contributed by atoms with E-state index < -0.39 is 0 Å². The van der Waals surface area contributed by atoms with Crippen LogP contribution in [-0.2, 0) is 10.2 Å². The molecular weight excluding hydrogens is 290 g/mol. The molecule has 1 aromatic rings. The van der Waals surface area contributed by atoms with Crippen molar-refractivity contribution in [3.8, 4) is 11.5 Å². The lowest BCUT2D eigenvalue weighted by molar-refractivity contribution is 0.0638. The van der Waals surface area contributed by atoms with Gasteiger partial charge in [0.1, 0.15) is 5.76 Å². The van der Waals surface area contributed by atoms with Gasteiger partial charge < -0.3 is 14.2 Å². The number of nitrogens with zero attached hydrogens (tertiary/aromatic N) is 1. The molecule has 4 aliphatic rings. The Morgan fingerprint density at radius 1 is 1.22 bits per heavy atom. The summed E-state index contributed by atoms with van der Waals surface area (Å²) < 4.78 is 17.7. The standard InChI is InChI=1S/C19H21NO3/c1-10-12-6-8-15(22-4)18-19(12)9-13(20(10)2)11-5-7-14(21-3)17(23-18)16(11)19/h5-8,10,13,18H,9H2,1-4H3. The highest BCUT2D eigenvalue weighted by molar-refractivity contribution is 5.69. The summed E-state index contributed by atoms with van der Waals surface area (Å²) in [6, 6.07) is 5.09. The van der Waals surface area contributed by atoms with Crippen molar-refractivity contribution in [2.75, 3.05) is 21.3 Å². The third-order valence-corrected chi connectivity index (χ3v) is 6.37. The smallest absolute Gasteiger partial charge is 0.169 e. The van der Waals surface area contributed by atoms with E-state index in [1.807, 2.05) is 6.07 Å². The molecule has 0 radical (unpaired) electrons. The number of fused-ring (bicyclic) bond motifs is 2. The van der Waals surface area contributed by atoms with E-state index in [0.29, 0.717) is 12.1 Å². The number of piperidine rings is 1. The second-order valence-corrected chi connectivity index (χ2v) is 6.99. The average molecular weight is 311 g/mol. The molecule has 1 saturated heterocycles. The van der Waals surface area contributed by atoms with Crippen molar-refractivity contribution in [3.05, 3.63) is 46.7 Å². The highest BCUT2D eigenvalue weighted by atomic mass is 16.6. The van der Waals surface area contributed by atoms with Gasteiger partial charge in [-0.3, -0.25) is 4.90 Å². The third-order valence-electron chi connectivity index (χ3n) is 6.37. The fraction of sp³-hybridized carbons (Fsp3) is 0.474. The number of hydrogen-bond acceptors (Lipinski definition) is 4. The first-order chi connectivity index (χ1) is 11.1. The van der Waals surface area contributed by atoms with Crippen LogP contribution >= 0.6 is 0 Å². The molecule has 0 N–H and O–H groups in total. The van der Waals surface area contributed by atoms with Gasteiger partial charge in [0.2, 0.25) is 0 Å². The van der Waals surface area contributed by atoms with Gasteiger partial charge in [-0.25, -0.2) is 0 Å². The van der Waals surface area contributed by atoms with Crippen LogP contribution in [0.15, 0.2) is 35.6 Å². The quantitative estimate of drug-likeness (QED) is 0.840. The van der Waals surface area contributed by atoms with Crippen LogP contribution < -0.4 is 9.47 Å². The number of hydrogen-bond donors (Lipinski definition) is 0. The molecule has 2 bridgehead atoms. The van der Waals surface area contributed by atoms with Gasteiger partial charge in [-0.05, 0) is 43.7 Å². The lowest BCUT2D eigenvalue weighted by atomic mass is 9.65. The maximum atomic E-state index is 6.43. The first-order valence-corrected chi connectivity index (χ1v) is 8.19. The minimum absolute atomic E-state index is 0.0706. The first kappa shape index (κ1) is 13.5. The van der Waals surface area contributed by atoms with E-state index in [2.05, 4.69) is 37.1 Å². The fourth-order valence-electron chi connectivity index (χ4n) is 5.23. The van der Waals surface area contributed by atoms with Crippen LogP contribution in [0.4, 0.5) is 0 Å². The molecule has 0 aromatic heterocycles. The summed E-state index contributed by atoms with van der Waals surface area (Å²) in [5.41, 5.74) is 4.07. The molecule has 4 heteroatoms. The summed E-state index contributed by atoms with van der Waals surface area (Å²) in [4.78, 5) is 2.49. The van der Waals surface area contributed by atoms with Crippen LogP contribution in [0, 0.1) is 0 Å². The van der Waals surface area contributed by atoms with E-state index in [-0.39, 0.29) is 11.5 Å². The fourth-order valence-corrected chi connectivity index (χ4v) is 5.23. The molecule has 4 unspecified atom stereocenters. The van der Waals surface area contributed by atoms with Crippen molar-refractivity contribution in [3.63, 3.8) is 0 Å². The highest BCUT2D eigenvalue weighted by Crippen LogP contribution is 2.67. The minimum Gasteiger partial charge on any atom is -0.497 e. The Balaban J connectivity index is 1.86. The third kappa shape index (κ3) is 1.30. The lowest BCUT2D eigenvalue weighted by Crippen LogP contribution is -2.52. The van der Waals surface area contributed by atoms with Gasteiger partial charge in [-0.1, -0.05) is 12.1 Å². The zero-order chi connectivity index (χ0) is 15.9. The number of benzene rings is 1. The highest BCUT2D eigenvalue weighted by Gasteiger charge is 2.65. The van der Waals surface area contributed by atoms with E-state index >= 15 is 0 Å². The molecule has 5 rings (SSSR count). The Morgan fingerprint density at radius 2 is 2.04 bits per heavy atom. The van der Waals surface area contributed by atoms with Crippen molar-refractivity contribution >= 4 is 0 Å². The van der Waals surface area contributed by atoms with Gasteiger partial charge >= 0.3 is 0 Å². The summed E-state index contributed by atoms with van der Waals surface area (Å²) in [5, 5.41) is 0. The second kappa shape index (κ2) is 4.12. The Bertz CT molecular complexity index is 781. The van der Waals surface area contributed by atoms with Gasteiger partial charge in [-0.2, -0.15) is 0 Å². The molecular formula is C19H21NO3. The topological polar surface area (TPSA) is 30.9 Å². The average Bonchev–Trinajstić information content (AvgIpc) is 3.06. The van der Waals surface area contributed by atoms with Gasteiger partial charge in [0.15, 0.2) is 17.6 Å². The van der Waals surface area contributed by atoms with Gasteiger partial charge in [0, 0.05) is 17.6 Å². The predicted octanol–water partition coefficient (Wildman–Crippen LogP) is 2.94. The number of ether oxygens (including phenoxy) is 3. The Morgan fingerprint density at radius 3 is 2.78 bits per heavy atom. The molecule has 4 nitrogen and oxygen atoms in total. The van der Waals surface area contributed by atoms with Crippen molar-refractivity contribution in [2.24, 2.45) is 0 Å². The lowest BCUT2D eigenvalue weighted by Gasteiger charge is -2.47. The molecule has 1 spiro atoms. The summed E-state index contributed by atoms with van der Waals surface area (Å²) in [6.45, 7) is 2.30. The zero-order valence-electron chi connectivity index (χ0n) is 13.9. The van der Waals surface area contributed by atoms with E-state index in [9.17, 15) is 0 Å². The summed E-state index contributed by atoms with van der Waals surface area (Å²) in [6.07, 6.45) is 5.31. The SMILES string of the molecule is COC1=CC=C2C(C)N(C)C3CC24c2c3ccc(OC)c2OC14. The van der Waals surface area contributed by atoms with Crippen molar-refractivity contribution < 1.29 is 14.2 Å². The number of methoxy groups -OCH3 is 2. The Hall–Kier alpha value is -1.94. The van der Waals surface area contributed by atoms with E-state index in [4.69, 9.17) is 14.2 Å². The minimum atomic E-state index is -0.0874. The number of allylic oxidation sites excluding steroid dienone is 2. The predicted molar refractivity (Wildman–Crippen MR) is 86.8 cm³/mol. The van der Waals surface area contributed by atoms with Crippen molar-refractivity contribution in [1.82, 2.24) is 4.90 Å². The van der Waals surface area contributed by atoms with Gasteiger partial charge in [-0.15, -0.1) is 0 Å². The largest absolute Gasteiger partial charge is 0.497 e. The molecule has 1 aromatic carbocycles. The van der Waals surface area contributed by atoms with Crippen LogP contribution in [0.3, 0.4) is 0 Å². The monoisotopic (exact) mass is 311 g/mol.